The number of benzene rings is 2. The van der Waals surface area contributed by atoms with E-state index in [9.17, 15) is 0 Å². The third-order valence-corrected chi connectivity index (χ3v) is 4.93. The van der Waals surface area contributed by atoms with Gasteiger partial charge in [0.2, 0.25) is 5.88 Å². The highest BCUT2D eigenvalue weighted by molar-refractivity contribution is 5.86. The van der Waals surface area contributed by atoms with Crippen molar-refractivity contribution in [2.24, 2.45) is 0 Å². The van der Waals surface area contributed by atoms with Crippen molar-refractivity contribution in [2.45, 2.75) is 12.8 Å². The van der Waals surface area contributed by atoms with Gasteiger partial charge in [-0.1, -0.05) is 54.6 Å². The van der Waals surface area contributed by atoms with Crippen LogP contribution in [0, 0.1) is 0 Å². The Kier molecular flexibility index (Phi) is 5.27. The van der Waals surface area contributed by atoms with Gasteiger partial charge in [0.25, 0.3) is 0 Å². The molecule has 1 aliphatic rings. The lowest BCUT2D eigenvalue weighted by molar-refractivity contribution is 0.245. The molecule has 26 heavy (non-hydrogen) atoms. The Labute approximate surface area is 154 Å². The van der Waals surface area contributed by atoms with Gasteiger partial charge in [-0.2, -0.15) is 0 Å². The molecule has 0 saturated carbocycles. The van der Waals surface area contributed by atoms with Crippen molar-refractivity contribution in [1.82, 2.24) is 9.88 Å². The Bertz CT molecular complexity index is 884. The quantitative estimate of drug-likeness (QED) is 0.601. The molecule has 0 spiro atoms. The summed E-state index contributed by atoms with van der Waals surface area (Å²) < 4.78 is 5.95. The van der Waals surface area contributed by atoms with Gasteiger partial charge in [0.1, 0.15) is 0 Å². The number of aromatic nitrogens is 1. The molecule has 3 heteroatoms. The smallest absolute Gasteiger partial charge is 0.221 e. The second kappa shape index (κ2) is 8.15. The summed E-state index contributed by atoms with van der Waals surface area (Å²) in [5.74, 6) is 0.744. The van der Waals surface area contributed by atoms with E-state index in [1.807, 2.05) is 24.4 Å². The summed E-state index contributed by atoms with van der Waals surface area (Å²) in [4.78, 5) is 6.88. The van der Waals surface area contributed by atoms with E-state index in [1.165, 1.54) is 16.5 Å². The highest BCUT2D eigenvalue weighted by Crippen LogP contribution is 2.23. The van der Waals surface area contributed by atoms with Crippen molar-refractivity contribution >= 4 is 16.3 Å². The molecule has 0 atom stereocenters. The first-order chi connectivity index (χ1) is 12.9. The topological polar surface area (TPSA) is 25.4 Å². The summed E-state index contributed by atoms with van der Waals surface area (Å²) in [6, 6.07) is 20.9. The van der Waals surface area contributed by atoms with Crippen LogP contribution < -0.4 is 4.74 Å². The zero-order valence-corrected chi connectivity index (χ0v) is 15.0. The van der Waals surface area contributed by atoms with E-state index in [2.05, 4.69) is 58.4 Å². The van der Waals surface area contributed by atoms with Gasteiger partial charge in [-0.15, -0.1) is 0 Å². The summed E-state index contributed by atoms with van der Waals surface area (Å²) in [5, 5.41) is 2.26. The molecular formula is C23H24N2O. The number of nitrogens with zero attached hydrogens (tertiary/aromatic N) is 2. The molecular weight excluding hydrogens is 320 g/mol. The number of ether oxygens (including phenoxy) is 1. The molecule has 0 fully saturated rings. The van der Waals surface area contributed by atoms with Crippen LogP contribution in [0.3, 0.4) is 0 Å². The van der Waals surface area contributed by atoms with Crippen LogP contribution in [0.15, 0.2) is 72.9 Å². The van der Waals surface area contributed by atoms with Crippen molar-refractivity contribution in [1.29, 1.82) is 0 Å². The zero-order valence-electron chi connectivity index (χ0n) is 15.0. The Hall–Kier alpha value is -2.65. The Morgan fingerprint density at radius 3 is 2.65 bits per heavy atom. The molecule has 132 valence electrons. The van der Waals surface area contributed by atoms with Gasteiger partial charge in [0.05, 0.1) is 6.61 Å². The monoisotopic (exact) mass is 344 g/mol. The zero-order chi connectivity index (χ0) is 17.6. The molecule has 0 saturated heterocycles. The molecule has 0 bridgehead atoms. The predicted octanol–water partition coefficient (Wildman–Crippen LogP) is 4.79. The lowest BCUT2D eigenvalue weighted by Gasteiger charge is -2.26. The van der Waals surface area contributed by atoms with Gasteiger partial charge in [0, 0.05) is 31.2 Å². The maximum atomic E-state index is 5.95. The summed E-state index contributed by atoms with van der Waals surface area (Å²) in [5.41, 5.74) is 2.83. The summed E-state index contributed by atoms with van der Waals surface area (Å²) in [7, 11) is 0. The van der Waals surface area contributed by atoms with Crippen molar-refractivity contribution in [3.05, 3.63) is 78.5 Å². The highest BCUT2D eigenvalue weighted by atomic mass is 16.5. The van der Waals surface area contributed by atoms with Crippen LogP contribution in [0.25, 0.3) is 16.3 Å². The van der Waals surface area contributed by atoms with Crippen molar-refractivity contribution in [2.75, 3.05) is 26.2 Å². The predicted molar refractivity (Wildman–Crippen MR) is 107 cm³/mol. The van der Waals surface area contributed by atoms with Crippen molar-refractivity contribution < 1.29 is 4.74 Å². The van der Waals surface area contributed by atoms with E-state index in [4.69, 9.17) is 4.74 Å². The van der Waals surface area contributed by atoms with E-state index >= 15 is 0 Å². The third-order valence-electron chi connectivity index (χ3n) is 4.93. The summed E-state index contributed by atoms with van der Waals surface area (Å²) in [6.07, 6.45) is 6.32. The van der Waals surface area contributed by atoms with Gasteiger partial charge in [0.15, 0.2) is 0 Å². The second-order valence-corrected chi connectivity index (χ2v) is 6.69. The van der Waals surface area contributed by atoms with Crippen LogP contribution in [0.1, 0.15) is 18.4 Å². The largest absolute Gasteiger partial charge is 0.477 e. The molecule has 3 nitrogen and oxygen atoms in total. The third kappa shape index (κ3) is 3.94. The fourth-order valence-electron chi connectivity index (χ4n) is 3.49. The fraction of sp³-hybridized carbons (Fsp3) is 0.261. The lowest BCUT2D eigenvalue weighted by atomic mass is 9.99. The average Bonchev–Trinajstić information content (AvgIpc) is 2.72. The Balaban J connectivity index is 1.26. The second-order valence-electron chi connectivity index (χ2n) is 6.69. The van der Waals surface area contributed by atoms with Crippen molar-refractivity contribution in [3.63, 3.8) is 0 Å². The molecule has 1 aromatic heterocycles. The van der Waals surface area contributed by atoms with Crippen LogP contribution >= 0.6 is 0 Å². The molecule has 0 aliphatic carbocycles. The average molecular weight is 344 g/mol. The maximum Gasteiger partial charge on any atom is 0.221 e. The van der Waals surface area contributed by atoms with Crippen LogP contribution in [-0.4, -0.2) is 36.1 Å². The first kappa shape index (κ1) is 16.8. The van der Waals surface area contributed by atoms with Gasteiger partial charge in [-0.3, -0.25) is 4.90 Å². The first-order valence-electron chi connectivity index (χ1n) is 9.33. The summed E-state index contributed by atoms with van der Waals surface area (Å²) in [6.45, 7) is 3.90. The highest BCUT2D eigenvalue weighted by Gasteiger charge is 2.12. The van der Waals surface area contributed by atoms with Crippen LogP contribution in [0.4, 0.5) is 0 Å². The molecule has 1 aliphatic heterocycles. The Morgan fingerprint density at radius 1 is 0.962 bits per heavy atom. The Morgan fingerprint density at radius 2 is 1.81 bits per heavy atom. The fourth-order valence-corrected chi connectivity index (χ4v) is 3.49. The molecule has 0 N–H and O–H groups in total. The van der Waals surface area contributed by atoms with Gasteiger partial charge < -0.3 is 4.74 Å². The van der Waals surface area contributed by atoms with Crippen LogP contribution in [-0.2, 0) is 0 Å². The van der Waals surface area contributed by atoms with E-state index in [-0.39, 0.29) is 0 Å². The van der Waals surface area contributed by atoms with Gasteiger partial charge >= 0.3 is 0 Å². The number of hydrogen-bond acceptors (Lipinski definition) is 3. The molecule has 2 heterocycles. The standard InChI is InChI=1S/C23H24N2O/c1-2-7-19(8-3-1)20-12-16-25(17-13-20)15-6-18-26-23-22-10-5-4-9-21(22)11-14-24-23/h1-5,7-12,14H,6,13,15-18H2. The van der Waals surface area contributed by atoms with E-state index in [1.54, 1.807) is 0 Å². The minimum absolute atomic E-state index is 0.701. The minimum Gasteiger partial charge on any atom is -0.477 e. The molecule has 3 aromatic rings. The lowest BCUT2D eigenvalue weighted by Crippen LogP contribution is -2.30. The number of rotatable bonds is 6. The summed E-state index contributed by atoms with van der Waals surface area (Å²) >= 11 is 0. The van der Waals surface area contributed by atoms with E-state index in [0.29, 0.717) is 6.61 Å². The normalized spacial score (nSPS) is 15.0. The number of fused-ring (bicyclic) bond motifs is 1. The van der Waals surface area contributed by atoms with Crippen LogP contribution in [0.2, 0.25) is 0 Å². The van der Waals surface area contributed by atoms with E-state index in [0.717, 1.165) is 43.7 Å². The van der Waals surface area contributed by atoms with Crippen LogP contribution in [0.5, 0.6) is 5.88 Å². The van der Waals surface area contributed by atoms with Gasteiger partial charge in [-0.25, -0.2) is 4.98 Å². The molecule has 0 unspecified atom stereocenters. The number of pyridine rings is 1. The van der Waals surface area contributed by atoms with Crippen molar-refractivity contribution in [3.8, 4) is 5.88 Å². The molecule has 4 rings (SSSR count). The maximum absolute atomic E-state index is 5.95. The first-order valence-corrected chi connectivity index (χ1v) is 9.33. The SMILES string of the molecule is C1=C(c2ccccc2)CCN(CCCOc2nccc3ccccc23)C1. The van der Waals surface area contributed by atoms with Gasteiger partial charge in [-0.05, 0) is 41.5 Å². The minimum atomic E-state index is 0.701. The number of hydrogen-bond donors (Lipinski definition) is 0. The molecule has 0 amide bonds. The molecule has 2 aromatic carbocycles. The molecule has 0 radical (unpaired) electrons. The van der Waals surface area contributed by atoms with E-state index < -0.39 is 0 Å².